The zero-order valence-corrected chi connectivity index (χ0v) is 15.0. The Bertz CT molecular complexity index is 808. The number of nitrogens with zero attached hydrogens (tertiary/aromatic N) is 2. The summed E-state index contributed by atoms with van der Waals surface area (Å²) in [5.41, 5.74) is 3.31. The lowest BCUT2D eigenvalue weighted by Gasteiger charge is -2.13. The minimum Gasteiger partial charge on any atom is -0.494 e. The first-order valence-electron chi connectivity index (χ1n) is 9.08. The van der Waals surface area contributed by atoms with E-state index in [0.717, 1.165) is 42.0 Å². The summed E-state index contributed by atoms with van der Waals surface area (Å²) in [7, 11) is 0. The Morgan fingerprint density at radius 3 is 2.56 bits per heavy atom. The molecule has 25 heavy (non-hydrogen) atoms. The van der Waals surface area contributed by atoms with Gasteiger partial charge in [-0.05, 0) is 49.1 Å². The predicted octanol–water partition coefficient (Wildman–Crippen LogP) is 4.51. The maximum atomic E-state index is 10.3. The monoisotopic (exact) mass is 338 g/mol. The van der Waals surface area contributed by atoms with Crippen molar-refractivity contribution in [3.05, 3.63) is 59.9 Å². The van der Waals surface area contributed by atoms with Gasteiger partial charge in [-0.15, -0.1) is 0 Å². The summed E-state index contributed by atoms with van der Waals surface area (Å²) in [5.74, 6) is 1.65. The van der Waals surface area contributed by atoms with Gasteiger partial charge in [0.15, 0.2) is 0 Å². The fourth-order valence-corrected chi connectivity index (χ4v) is 3.00. The van der Waals surface area contributed by atoms with E-state index in [1.54, 1.807) is 0 Å². The average Bonchev–Trinajstić information content (AvgIpc) is 3.04. The fraction of sp³-hybridized carbons (Fsp3) is 0.381. The summed E-state index contributed by atoms with van der Waals surface area (Å²) in [4.78, 5) is 4.61. The van der Waals surface area contributed by atoms with Gasteiger partial charge in [0.2, 0.25) is 0 Å². The van der Waals surface area contributed by atoms with Crippen molar-refractivity contribution in [2.75, 3.05) is 6.61 Å². The topological polar surface area (TPSA) is 47.3 Å². The van der Waals surface area contributed by atoms with Crippen LogP contribution in [0.1, 0.15) is 44.2 Å². The number of rotatable bonds is 8. The Kier molecular flexibility index (Phi) is 5.71. The van der Waals surface area contributed by atoms with Gasteiger partial charge in [-0.2, -0.15) is 0 Å². The first-order valence-corrected chi connectivity index (χ1v) is 9.08. The molecule has 0 fully saturated rings. The van der Waals surface area contributed by atoms with E-state index in [1.165, 1.54) is 5.56 Å². The Morgan fingerprint density at radius 2 is 1.84 bits per heavy atom. The van der Waals surface area contributed by atoms with Crippen molar-refractivity contribution in [2.24, 2.45) is 0 Å². The molecule has 0 radical (unpaired) electrons. The van der Waals surface area contributed by atoms with Gasteiger partial charge < -0.3 is 14.4 Å². The highest BCUT2D eigenvalue weighted by atomic mass is 16.5. The fourth-order valence-electron chi connectivity index (χ4n) is 3.00. The van der Waals surface area contributed by atoms with E-state index >= 15 is 0 Å². The van der Waals surface area contributed by atoms with E-state index in [1.807, 2.05) is 37.3 Å². The van der Waals surface area contributed by atoms with Crippen LogP contribution in [0.15, 0.2) is 48.5 Å². The Hall–Kier alpha value is -2.33. The van der Waals surface area contributed by atoms with Crippen molar-refractivity contribution in [3.8, 4) is 5.75 Å². The Morgan fingerprint density at radius 1 is 1.08 bits per heavy atom. The van der Waals surface area contributed by atoms with Gasteiger partial charge in [-0.3, -0.25) is 0 Å². The average molecular weight is 338 g/mol. The molecule has 0 saturated carbocycles. The molecule has 2 aromatic carbocycles. The molecule has 3 rings (SSSR count). The molecule has 1 heterocycles. The number of aryl methyl sites for hydroxylation is 2. The normalized spacial score (nSPS) is 12.4. The van der Waals surface area contributed by atoms with Crippen molar-refractivity contribution < 1.29 is 9.84 Å². The molecule has 0 saturated heterocycles. The van der Waals surface area contributed by atoms with E-state index in [2.05, 4.69) is 34.7 Å². The molecule has 0 aliphatic carbocycles. The van der Waals surface area contributed by atoms with E-state index in [0.29, 0.717) is 13.0 Å². The lowest BCUT2D eigenvalue weighted by molar-refractivity contribution is 0.158. The molecule has 4 nitrogen and oxygen atoms in total. The van der Waals surface area contributed by atoms with Crippen LogP contribution in [0.5, 0.6) is 5.75 Å². The second-order valence-electron chi connectivity index (χ2n) is 6.23. The zero-order valence-electron chi connectivity index (χ0n) is 15.0. The summed E-state index contributed by atoms with van der Waals surface area (Å²) in [6.45, 7) is 5.53. The molecule has 0 unspecified atom stereocenters. The van der Waals surface area contributed by atoms with Crippen LogP contribution in [0, 0.1) is 0 Å². The first kappa shape index (κ1) is 17.5. The number of benzene rings is 2. The van der Waals surface area contributed by atoms with Crippen molar-refractivity contribution in [3.63, 3.8) is 0 Å². The molecular formula is C21H26N2O2. The molecule has 0 amide bonds. The van der Waals surface area contributed by atoms with Crippen LogP contribution in [0.2, 0.25) is 0 Å². The first-order chi connectivity index (χ1) is 12.2. The molecule has 1 aromatic heterocycles. The van der Waals surface area contributed by atoms with E-state index in [-0.39, 0.29) is 0 Å². The summed E-state index contributed by atoms with van der Waals surface area (Å²) in [6, 6.07) is 16.3. The molecule has 0 aliphatic rings. The second kappa shape index (κ2) is 8.17. The zero-order chi connectivity index (χ0) is 17.6. The van der Waals surface area contributed by atoms with Gasteiger partial charge in [0.1, 0.15) is 17.7 Å². The van der Waals surface area contributed by atoms with E-state index in [9.17, 15) is 5.11 Å². The molecule has 0 bridgehead atoms. The molecule has 0 spiro atoms. The summed E-state index contributed by atoms with van der Waals surface area (Å²) >= 11 is 0. The molecule has 132 valence electrons. The van der Waals surface area contributed by atoms with Crippen LogP contribution in [0.3, 0.4) is 0 Å². The van der Waals surface area contributed by atoms with Gasteiger partial charge in [0.05, 0.1) is 17.6 Å². The van der Waals surface area contributed by atoms with Crippen LogP contribution in [-0.4, -0.2) is 21.3 Å². The minimum atomic E-state index is -0.532. The van der Waals surface area contributed by atoms with Crippen molar-refractivity contribution in [1.29, 1.82) is 0 Å². The number of hydrogen-bond donors (Lipinski definition) is 1. The quantitative estimate of drug-likeness (QED) is 0.615. The van der Waals surface area contributed by atoms with Crippen LogP contribution in [-0.2, 0) is 13.0 Å². The van der Waals surface area contributed by atoms with E-state index in [4.69, 9.17) is 4.74 Å². The number of aromatic nitrogens is 2. The Balaban J connectivity index is 1.65. The maximum absolute atomic E-state index is 10.3. The molecule has 4 heteroatoms. The summed E-state index contributed by atoms with van der Waals surface area (Å²) in [6.07, 6.45) is 2.02. The minimum absolute atomic E-state index is 0.532. The largest absolute Gasteiger partial charge is 0.494 e. The lowest BCUT2D eigenvalue weighted by Crippen LogP contribution is -2.11. The van der Waals surface area contributed by atoms with Crippen LogP contribution in [0.4, 0.5) is 0 Å². The number of para-hydroxylation sites is 2. The highest BCUT2D eigenvalue weighted by molar-refractivity contribution is 5.76. The van der Waals surface area contributed by atoms with E-state index < -0.39 is 6.10 Å². The number of ether oxygens (including phenoxy) is 1. The van der Waals surface area contributed by atoms with Crippen molar-refractivity contribution >= 4 is 11.0 Å². The lowest BCUT2D eigenvalue weighted by atomic mass is 10.2. The second-order valence-corrected chi connectivity index (χ2v) is 6.23. The number of imidazole rings is 1. The highest BCUT2D eigenvalue weighted by Crippen LogP contribution is 2.23. The van der Waals surface area contributed by atoms with Crippen molar-refractivity contribution in [2.45, 2.75) is 45.8 Å². The highest BCUT2D eigenvalue weighted by Gasteiger charge is 2.16. The smallest absolute Gasteiger partial charge is 0.138 e. The van der Waals surface area contributed by atoms with Gasteiger partial charge >= 0.3 is 0 Å². The van der Waals surface area contributed by atoms with Crippen molar-refractivity contribution in [1.82, 2.24) is 9.55 Å². The Labute approximate surface area is 149 Å². The summed E-state index contributed by atoms with van der Waals surface area (Å²) < 4.78 is 7.96. The number of fused-ring (bicyclic) bond motifs is 1. The molecule has 1 atom stereocenters. The third-order valence-electron chi connectivity index (χ3n) is 4.50. The van der Waals surface area contributed by atoms with Gasteiger partial charge in [0.25, 0.3) is 0 Å². The third kappa shape index (κ3) is 4.02. The van der Waals surface area contributed by atoms with Gasteiger partial charge in [0, 0.05) is 6.54 Å². The van der Waals surface area contributed by atoms with Crippen LogP contribution in [0.25, 0.3) is 11.0 Å². The van der Waals surface area contributed by atoms with Crippen LogP contribution < -0.4 is 4.74 Å². The maximum Gasteiger partial charge on any atom is 0.138 e. The SMILES string of the molecule is CCc1ccc(OCCCn2c([C@H](O)CC)nc3ccccc32)cc1. The number of aliphatic hydroxyl groups is 1. The number of hydrogen-bond acceptors (Lipinski definition) is 3. The van der Waals surface area contributed by atoms with Crippen LogP contribution >= 0.6 is 0 Å². The molecule has 1 N–H and O–H groups in total. The van der Waals surface area contributed by atoms with Gasteiger partial charge in [-0.1, -0.05) is 38.1 Å². The third-order valence-corrected chi connectivity index (χ3v) is 4.50. The molecule has 3 aromatic rings. The standard InChI is InChI=1S/C21H26N2O2/c1-3-16-10-12-17(13-11-16)25-15-7-14-23-19-9-6-5-8-18(19)22-21(23)20(24)4-2/h5-6,8-13,20,24H,3-4,7,14-15H2,1-2H3/t20-/m1/s1. The predicted molar refractivity (Wildman–Crippen MR) is 101 cm³/mol. The summed E-state index contributed by atoms with van der Waals surface area (Å²) in [5, 5.41) is 10.3. The number of aliphatic hydroxyl groups excluding tert-OH is 1. The van der Waals surface area contributed by atoms with Gasteiger partial charge in [-0.25, -0.2) is 4.98 Å². The molecule has 0 aliphatic heterocycles. The molecular weight excluding hydrogens is 312 g/mol.